The Morgan fingerprint density at radius 3 is 2.29 bits per heavy atom. The average Bonchev–Trinajstić information content (AvgIpc) is 2.40. The van der Waals surface area contributed by atoms with Crippen molar-refractivity contribution in [1.82, 2.24) is 5.32 Å². The third-order valence-electron chi connectivity index (χ3n) is 2.78. The minimum Gasteiger partial charge on any atom is -0.496 e. The molecule has 88 valence electrons. The van der Waals surface area contributed by atoms with Crippen LogP contribution in [-0.4, -0.2) is 14.2 Å². The van der Waals surface area contributed by atoms with Crippen LogP contribution in [0.5, 0.6) is 5.75 Å². The minimum absolute atomic E-state index is 0.855. The van der Waals surface area contributed by atoms with E-state index in [2.05, 4.69) is 35.6 Å². The van der Waals surface area contributed by atoms with E-state index in [4.69, 9.17) is 4.74 Å². The highest BCUT2D eigenvalue weighted by molar-refractivity contribution is 5.73. The lowest BCUT2D eigenvalue weighted by Gasteiger charge is -2.12. The summed E-state index contributed by atoms with van der Waals surface area (Å²) in [5.41, 5.74) is 3.64. The van der Waals surface area contributed by atoms with Crippen LogP contribution in [0.1, 0.15) is 5.56 Å². The average molecular weight is 227 g/mol. The molecular weight excluding hydrogens is 210 g/mol. The first-order valence-electron chi connectivity index (χ1n) is 5.72. The van der Waals surface area contributed by atoms with Crippen molar-refractivity contribution in [2.24, 2.45) is 0 Å². The molecule has 0 aliphatic carbocycles. The van der Waals surface area contributed by atoms with Gasteiger partial charge in [-0.3, -0.25) is 0 Å². The van der Waals surface area contributed by atoms with Gasteiger partial charge >= 0.3 is 0 Å². The maximum absolute atomic E-state index is 5.41. The number of ether oxygens (including phenoxy) is 1. The smallest absolute Gasteiger partial charge is 0.126 e. The summed E-state index contributed by atoms with van der Waals surface area (Å²) in [6, 6.07) is 16.5. The lowest BCUT2D eigenvalue weighted by molar-refractivity contribution is 0.416. The maximum atomic E-state index is 5.41. The Kier molecular flexibility index (Phi) is 3.78. The van der Waals surface area contributed by atoms with Gasteiger partial charge in [-0.25, -0.2) is 0 Å². The van der Waals surface area contributed by atoms with E-state index in [1.807, 2.05) is 25.2 Å². The van der Waals surface area contributed by atoms with Gasteiger partial charge in [-0.1, -0.05) is 42.5 Å². The predicted molar refractivity (Wildman–Crippen MR) is 71.2 cm³/mol. The monoisotopic (exact) mass is 227 g/mol. The summed E-state index contributed by atoms with van der Waals surface area (Å²) in [6.07, 6.45) is 0. The molecule has 0 unspecified atom stereocenters. The van der Waals surface area contributed by atoms with Crippen LogP contribution < -0.4 is 10.1 Å². The minimum atomic E-state index is 0.855. The Bertz CT molecular complexity index is 494. The third-order valence-corrected chi connectivity index (χ3v) is 2.78. The zero-order valence-electron chi connectivity index (χ0n) is 10.2. The number of hydrogen-bond donors (Lipinski definition) is 1. The Morgan fingerprint density at radius 2 is 1.59 bits per heavy atom. The molecule has 2 aromatic carbocycles. The molecule has 17 heavy (non-hydrogen) atoms. The maximum Gasteiger partial charge on any atom is 0.126 e. The molecule has 0 heterocycles. The number of methoxy groups -OCH3 is 1. The summed E-state index contributed by atoms with van der Waals surface area (Å²) in [5, 5.41) is 3.19. The lowest BCUT2D eigenvalue weighted by atomic mass is 9.99. The third kappa shape index (κ3) is 2.48. The molecule has 0 saturated heterocycles. The van der Waals surface area contributed by atoms with E-state index in [0.717, 1.165) is 17.9 Å². The van der Waals surface area contributed by atoms with Gasteiger partial charge in [-0.2, -0.15) is 0 Å². The molecule has 0 aliphatic heterocycles. The van der Waals surface area contributed by atoms with Crippen molar-refractivity contribution in [1.29, 1.82) is 0 Å². The van der Waals surface area contributed by atoms with Crippen molar-refractivity contribution in [3.05, 3.63) is 54.1 Å². The molecule has 2 heteroatoms. The number of nitrogens with one attached hydrogen (secondary N) is 1. The quantitative estimate of drug-likeness (QED) is 0.866. The largest absolute Gasteiger partial charge is 0.496 e. The van der Waals surface area contributed by atoms with Gasteiger partial charge in [0.2, 0.25) is 0 Å². The molecular formula is C15H17NO. The van der Waals surface area contributed by atoms with Gasteiger partial charge in [0.1, 0.15) is 5.75 Å². The second kappa shape index (κ2) is 5.51. The van der Waals surface area contributed by atoms with Crippen LogP contribution in [0.25, 0.3) is 11.1 Å². The van der Waals surface area contributed by atoms with Gasteiger partial charge in [0, 0.05) is 12.1 Å². The Hall–Kier alpha value is -1.80. The Labute approximate surface area is 102 Å². The molecule has 0 radical (unpaired) electrons. The van der Waals surface area contributed by atoms with Crippen LogP contribution in [0, 0.1) is 0 Å². The molecule has 0 aromatic heterocycles. The van der Waals surface area contributed by atoms with Crippen LogP contribution >= 0.6 is 0 Å². The first-order valence-corrected chi connectivity index (χ1v) is 5.72. The highest BCUT2D eigenvalue weighted by atomic mass is 16.5. The molecule has 0 spiro atoms. The zero-order valence-corrected chi connectivity index (χ0v) is 10.2. The first kappa shape index (κ1) is 11.7. The van der Waals surface area contributed by atoms with Gasteiger partial charge in [0.15, 0.2) is 0 Å². The fraction of sp³-hybridized carbons (Fsp3) is 0.200. The van der Waals surface area contributed by atoms with E-state index in [-0.39, 0.29) is 0 Å². The Morgan fingerprint density at radius 1 is 0.941 bits per heavy atom. The summed E-state index contributed by atoms with van der Waals surface area (Å²) in [5.74, 6) is 0.913. The normalized spacial score (nSPS) is 10.2. The zero-order chi connectivity index (χ0) is 12.1. The van der Waals surface area contributed by atoms with Crippen LogP contribution in [0.2, 0.25) is 0 Å². The van der Waals surface area contributed by atoms with Gasteiger partial charge in [0.05, 0.1) is 7.11 Å². The first-order chi connectivity index (χ1) is 8.36. The summed E-state index contributed by atoms with van der Waals surface area (Å²) in [7, 11) is 3.67. The standard InChI is InChI=1S/C15H17NO/c1-16-11-12-7-3-4-8-13(12)14-9-5-6-10-15(14)17-2/h3-10,16H,11H2,1-2H3. The number of para-hydroxylation sites is 1. The SMILES string of the molecule is CNCc1ccccc1-c1ccccc1OC. The summed E-state index contributed by atoms with van der Waals surface area (Å²) >= 11 is 0. The van der Waals surface area contributed by atoms with E-state index in [1.54, 1.807) is 7.11 Å². The van der Waals surface area contributed by atoms with E-state index in [1.165, 1.54) is 11.1 Å². The lowest BCUT2D eigenvalue weighted by Crippen LogP contribution is -2.06. The molecule has 1 N–H and O–H groups in total. The fourth-order valence-corrected chi connectivity index (χ4v) is 1.99. The summed E-state index contributed by atoms with van der Waals surface area (Å²) in [4.78, 5) is 0. The van der Waals surface area contributed by atoms with E-state index in [0.29, 0.717) is 0 Å². The van der Waals surface area contributed by atoms with Crippen molar-refractivity contribution >= 4 is 0 Å². The fourth-order valence-electron chi connectivity index (χ4n) is 1.99. The number of benzene rings is 2. The highest BCUT2D eigenvalue weighted by Gasteiger charge is 2.08. The van der Waals surface area contributed by atoms with Crippen LogP contribution in [-0.2, 0) is 6.54 Å². The van der Waals surface area contributed by atoms with E-state index < -0.39 is 0 Å². The molecule has 2 aromatic rings. The van der Waals surface area contributed by atoms with Gasteiger partial charge in [-0.15, -0.1) is 0 Å². The topological polar surface area (TPSA) is 21.3 Å². The summed E-state index contributed by atoms with van der Waals surface area (Å²) < 4.78 is 5.41. The molecule has 0 bridgehead atoms. The predicted octanol–water partition coefficient (Wildman–Crippen LogP) is 3.08. The second-order valence-corrected chi connectivity index (χ2v) is 3.89. The van der Waals surface area contributed by atoms with Gasteiger partial charge in [-0.05, 0) is 24.2 Å². The van der Waals surface area contributed by atoms with Crippen molar-refractivity contribution in [3.63, 3.8) is 0 Å². The molecule has 2 rings (SSSR count). The van der Waals surface area contributed by atoms with Gasteiger partial charge in [0.25, 0.3) is 0 Å². The molecule has 0 fully saturated rings. The molecule has 0 amide bonds. The van der Waals surface area contributed by atoms with E-state index in [9.17, 15) is 0 Å². The summed E-state index contributed by atoms with van der Waals surface area (Å²) in [6.45, 7) is 0.855. The molecule has 2 nitrogen and oxygen atoms in total. The van der Waals surface area contributed by atoms with Crippen molar-refractivity contribution in [3.8, 4) is 16.9 Å². The molecule has 0 aliphatic rings. The second-order valence-electron chi connectivity index (χ2n) is 3.89. The number of hydrogen-bond acceptors (Lipinski definition) is 2. The molecule has 0 saturated carbocycles. The van der Waals surface area contributed by atoms with Crippen LogP contribution in [0.4, 0.5) is 0 Å². The van der Waals surface area contributed by atoms with E-state index >= 15 is 0 Å². The van der Waals surface area contributed by atoms with Crippen LogP contribution in [0.3, 0.4) is 0 Å². The van der Waals surface area contributed by atoms with Crippen molar-refractivity contribution in [2.45, 2.75) is 6.54 Å². The van der Waals surface area contributed by atoms with Crippen LogP contribution in [0.15, 0.2) is 48.5 Å². The Balaban J connectivity index is 2.52. The van der Waals surface area contributed by atoms with Crippen molar-refractivity contribution < 1.29 is 4.74 Å². The van der Waals surface area contributed by atoms with Gasteiger partial charge < -0.3 is 10.1 Å². The van der Waals surface area contributed by atoms with Crippen molar-refractivity contribution in [2.75, 3.05) is 14.2 Å². The highest BCUT2D eigenvalue weighted by Crippen LogP contribution is 2.31. The number of rotatable bonds is 4. The molecule has 0 atom stereocenters.